The molecule has 1 aliphatic heterocycles. The Morgan fingerprint density at radius 2 is 1.17 bits per heavy atom. The summed E-state index contributed by atoms with van der Waals surface area (Å²) in [5, 5.41) is 11.3. The van der Waals surface area contributed by atoms with E-state index in [9.17, 15) is 0 Å². The molecule has 3 nitrogen and oxygen atoms in total. The Hall–Kier alpha value is -7.04. The minimum atomic E-state index is -0.106. The first-order valence-electron chi connectivity index (χ1n) is 25.5. The maximum Gasteiger partial charge on any atom is 0.198 e. The maximum absolute atomic E-state index is 7.03. The zero-order valence-electron chi connectivity index (χ0n) is 42.4. The Balaban J connectivity index is 1.06. The van der Waals surface area contributed by atoms with E-state index < -0.39 is 0 Å². The average Bonchev–Trinajstić information content (AvgIpc) is 3.80. The number of nitrogens with zero attached hydrogens (tertiary/aromatic N) is 1. The van der Waals surface area contributed by atoms with Crippen molar-refractivity contribution in [2.45, 2.75) is 104 Å². The fourth-order valence-electron chi connectivity index (χ4n) is 12.8. The number of furan rings is 1. The van der Waals surface area contributed by atoms with Crippen LogP contribution in [-0.4, -0.2) is 7.28 Å². The summed E-state index contributed by atoms with van der Waals surface area (Å²) in [7, 11) is 0.768. The van der Waals surface area contributed by atoms with Crippen LogP contribution >= 0.6 is 0 Å². The first-order chi connectivity index (χ1) is 33.4. The van der Waals surface area contributed by atoms with Crippen LogP contribution in [0.5, 0.6) is 0 Å². The van der Waals surface area contributed by atoms with Gasteiger partial charge in [-0.1, -0.05) is 165 Å². The highest BCUT2D eigenvalue weighted by Crippen LogP contribution is 2.52. The second-order valence-electron chi connectivity index (χ2n) is 23.8. The molecule has 0 fully saturated rings. The SMILES string of the molecule is Cc1cc(C(C)(C)C)ccc1N1c2cc3oc4cc5c(cc4c3cc2Bc2c(-c3cc4ccccc4cc3Nc3ccc4c(c3)C(C)(C)c3ccccc3-4)cc3ccccc3c21)C(C)(C)CCC5(C)C. The van der Waals surface area contributed by atoms with Gasteiger partial charge in [-0.05, 0) is 156 Å². The Labute approximate surface area is 413 Å². The largest absolute Gasteiger partial charge is 0.456 e. The van der Waals surface area contributed by atoms with Crippen LogP contribution in [0.3, 0.4) is 0 Å². The third kappa shape index (κ3) is 6.41. The standard InChI is InChI=1S/C66H61BN2O/c1-38-29-42(63(2,3)4)23-26-57(38)69-58-37-60-49(48-34-53-54(36-59(48)70-60)65(7,8)28-27-64(53,5)6)35-55(58)67-61-50(31-41-19-13-14-20-44(41)62(61)69)47-30-39-17-11-12-18-40(39)32-56(47)68-43-24-25-46-45-21-15-16-22-51(45)66(9,10)52(46)33-43/h11-26,29-37,67-68H,27-28H2,1-10H3. The smallest absolute Gasteiger partial charge is 0.198 e. The molecular weight excluding hydrogens is 848 g/mol. The monoisotopic (exact) mass is 908 g/mol. The van der Waals surface area contributed by atoms with E-state index in [4.69, 9.17) is 4.42 Å². The van der Waals surface area contributed by atoms with E-state index in [1.807, 2.05) is 0 Å². The molecule has 0 unspecified atom stereocenters. The van der Waals surface area contributed by atoms with Gasteiger partial charge >= 0.3 is 0 Å². The number of aryl methyl sites for hydroxylation is 1. The number of benzene rings is 9. The zero-order valence-corrected chi connectivity index (χ0v) is 42.4. The highest BCUT2D eigenvalue weighted by molar-refractivity contribution is 6.74. The van der Waals surface area contributed by atoms with Crippen LogP contribution in [0, 0.1) is 6.92 Å². The minimum absolute atomic E-state index is 0.0155. The minimum Gasteiger partial charge on any atom is -0.456 e. The van der Waals surface area contributed by atoms with Gasteiger partial charge in [-0.15, -0.1) is 0 Å². The van der Waals surface area contributed by atoms with Crippen molar-refractivity contribution in [3.8, 4) is 22.3 Å². The molecule has 4 heteroatoms. The first-order valence-corrected chi connectivity index (χ1v) is 25.5. The van der Waals surface area contributed by atoms with Gasteiger partial charge in [-0.2, -0.15) is 0 Å². The van der Waals surface area contributed by atoms with Crippen molar-refractivity contribution >= 4 is 90.1 Å². The van der Waals surface area contributed by atoms with E-state index in [1.165, 1.54) is 129 Å². The van der Waals surface area contributed by atoms with Crippen molar-refractivity contribution in [3.63, 3.8) is 0 Å². The zero-order chi connectivity index (χ0) is 48.2. The fourth-order valence-corrected chi connectivity index (χ4v) is 12.8. The fraction of sp³-hybridized carbons (Fsp3) is 0.242. The molecule has 0 atom stereocenters. The van der Waals surface area contributed by atoms with Gasteiger partial charge in [0.15, 0.2) is 7.28 Å². The van der Waals surface area contributed by atoms with E-state index in [0.717, 1.165) is 29.8 Å². The predicted molar refractivity (Wildman–Crippen MR) is 301 cm³/mol. The number of hydrogen-bond acceptors (Lipinski definition) is 3. The third-order valence-electron chi connectivity index (χ3n) is 16.9. The molecule has 10 aromatic rings. The number of nitrogens with one attached hydrogen (secondary N) is 1. The van der Waals surface area contributed by atoms with Crippen LogP contribution < -0.4 is 21.1 Å². The van der Waals surface area contributed by atoms with Crippen molar-refractivity contribution in [1.29, 1.82) is 0 Å². The summed E-state index contributed by atoms with van der Waals surface area (Å²) < 4.78 is 7.03. The van der Waals surface area contributed by atoms with E-state index in [-0.39, 0.29) is 21.7 Å². The normalized spacial score (nSPS) is 16.2. The molecule has 13 rings (SSSR count). The molecule has 0 saturated heterocycles. The molecule has 2 aliphatic carbocycles. The Morgan fingerprint density at radius 3 is 1.93 bits per heavy atom. The van der Waals surface area contributed by atoms with E-state index in [1.54, 1.807) is 0 Å². The van der Waals surface area contributed by atoms with Crippen molar-refractivity contribution in [2.75, 3.05) is 10.2 Å². The maximum atomic E-state index is 7.03. The van der Waals surface area contributed by atoms with E-state index >= 15 is 0 Å². The van der Waals surface area contributed by atoms with Gasteiger partial charge < -0.3 is 14.6 Å². The predicted octanol–water partition coefficient (Wildman–Crippen LogP) is 16.7. The molecule has 0 bridgehead atoms. The van der Waals surface area contributed by atoms with Crippen molar-refractivity contribution < 1.29 is 4.42 Å². The van der Waals surface area contributed by atoms with E-state index in [0.29, 0.717) is 0 Å². The molecule has 2 heterocycles. The summed E-state index contributed by atoms with van der Waals surface area (Å²) in [5.74, 6) is 0. The molecule has 0 spiro atoms. The summed E-state index contributed by atoms with van der Waals surface area (Å²) in [4.78, 5) is 2.58. The quantitative estimate of drug-likeness (QED) is 0.178. The lowest BCUT2D eigenvalue weighted by atomic mass is 9.57. The van der Waals surface area contributed by atoms with Crippen LogP contribution in [0.25, 0.3) is 65.7 Å². The summed E-state index contributed by atoms with van der Waals surface area (Å²) >= 11 is 0. The second-order valence-corrected chi connectivity index (χ2v) is 23.8. The molecule has 0 amide bonds. The van der Waals surface area contributed by atoms with Gasteiger partial charge in [0.25, 0.3) is 0 Å². The van der Waals surface area contributed by atoms with Gasteiger partial charge in [-0.3, -0.25) is 0 Å². The summed E-state index contributed by atoms with van der Waals surface area (Å²) in [5.41, 5.74) is 23.7. The highest BCUT2D eigenvalue weighted by Gasteiger charge is 2.39. The molecule has 0 radical (unpaired) electrons. The molecule has 3 aliphatic rings. The highest BCUT2D eigenvalue weighted by atomic mass is 16.3. The Bertz CT molecular complexity index is 3880. The molecule has 0 saturated carbocycles. The van der Waals surface area contributed by atoms with Crippen molar-refractivity contribution in [2.24, 2.45) is 0 Å². The topological polar surface area (TPSA) is 28.4 Å². The first kappa shape index (κ1) is 43.0. The molecule has 1 N–H and O–H groups in total. The van der Waals surface area contributed by atoms with Crippen LogP contribution in [0.15, 0.2) is 156 Å². The van der Waals surface area contributed by atoms with E-state index in [2.05, 4.69) is 231 Å². The average molecular weight is 909 g/mol. The molecule has 9 aromatic carbocycles. The van der Waals surface area contributed by atoms with Gasteiger partial charge in [0.05, 0.1) is 0 Å². The van der Waals surface area contributed by atoms with Crippen molar-refractivity contribution in [3.05, 3.63) is 185 Å². The van der Waals surface area contributed by atoms with Gasteiger partial charge in [0, 0.05) is 61.6 Å². The molecular formula is C66H61BN2O. The number of hydrogen-bond donors (Lipinski definition) is 1. The van der Waals surface area contributed by atoms with Crippen LogP contribution in [0.1, 0.15) is 109 Å². The number of anilines is 5. The lowest BCUT2D eigenvalue weighted by Gasteiger charge is -2.41. The Morgan fingerprint density at radius 1 is 0.529 bits per heavy atom. The second kappa shape index (κ2) is 14.7. The number of rotatable bonds is 4. The van der Waals surface area contributed by atoms with Gasteiger partial charge in [0.2, 0.25) is 0 Å². The van der Waals surface area contributed by atoms with Gasteiger partial charge in [0.1, 0.15) is 11.2 Å². The number of fused-ring (bicyclic) bond motifs is 12. The van der Waals surface area contributed by atoms with Gasteiger partial charge in [-0.25, -0.2) is 0 Å². The summed E-state index contributed by atoms with van der Waals surface area (Å²) in [6, 6.07) is 57.8. The van der Waals surface area contributed by atoms with Crippen molar-refractivity contribution in [1.82, 2.24) is 0 Å². The Kier molecular flexibility index (Phi) is 9.06. The molecule has 1 aromatic heterocycles. The third-order valence-corrected chi connectivity index (χ3v) is 16.9. The van der Waals surface area contributed by atoms with Crippen LogP contribution in [-0.2, 0) is 21.7 Å². The van der Waals surface area contributed by atoms with Crippen LogP contribution in [0.4, 0.5) is 28.4 Å². The summed E-state index contributed by atoms with van der Waals surface area (Å²) in [6.45, 7) is 23.6. The lowest BCUT2D eigenvalue weighted by Crippen LogP contribution is -2.41. The summed E-state index contributed by atoms with van der Waals surface area (Å²) in [6.07, 6.45) is 2.34. The van der Waals surface area contributed by atoms with Crippen LogP contribution in [0.2, 0.25) is 0 Å². The molecule has 344 valence electrons. The molecule has 70 heavy (non-hydrogen) atoms. The lowest BCUT2D eigenvalue weighted by molar-refractivity contribution is 0.332.